The maximum Gasteiger partial charge on any atom is 0.238 e. The fraction of sp³-hybridized carbons (Fsp3) is 0.571. The Balaban J connectivity index is 2.09. The normalized spacial score (nSPS) is 23.2. The molecule has 3 N–H and O–H groups in total. The number of aryl methyl sites for hydroxylation is 1. The van der Waals surface area contributed by atoms with E-state index >= 15 is 0 Å². The molecule has 1 fully saturated rings. The van der Waals surface area contributed by atoms with Crippen molar-refractivity contribution >= 4 is 15.7 Å². The van der Waals surface area contributed by atoms with Gasteiger partial charge in [0, 0.05) is 11.7 Å². The molecular weight excluding hydrogens is 260 g/mol. The van der Waals surface area contributed by atoms with Gasteiger partial charge in [0.25, 0.3) is 0 Å². The highest BCUT2D eigenvalue weighted by atomic mass is 32.2. The molecule has 0 bridgehead atoms. The number of nitrogens with two attached hydrogens (primary N) is 1. The molecular formula is C14H22N2O2S. The van der Waals surface area contributed by atoms with Crippen molar-refractivity contribution in [3.05, 3.63) is 23.8 Å². The fourth-order valence-corrected chi connectivity index (χ4v) is 3.02. The number of rotatable bonds is 4. The van der Waals surface area contributed by atoms with E-state index in [1.54, 1.807) is 18.2 Å². The summed E-state index contributed by atoms with van der Waals surface area (Å²) in [5, 5.41) is 8.58. The minimum absolute atomic E-state index is 0.167. The molecule has 1 saturated carbocycles. The van der Waals surface area contributed by atoms with Gasteiger partial charge in [-0.05, 0) is 49.3 Å². The number of primary sulfonamides is 1. The van der Waals surface area contributed by atoms with E-state index in [2.05, 4.69) is 19.2 Å². The standard InChI is InChI=1S/C14H22N2O2S/c1-9(2)11-6-12(7-11)16-14-8-13(19(15,17)18)5-4-10(14)3/h4-5,8-9,11-12,16H,6-7H2,1-3H3,(H2,15,17,18). The van der Waals surface area contributed by atoms with Gasteiger partial charge >= 0.3 is 0 Å². The Morgan fingerprint density at radius 1 is 1.32 bits per heavy atom. The molecule has 0 radical (unpaired) electrons. The lowest BCUT2D eigenvalue weighted by Crippen LogP contribution is -2.38. The zero-order valence-electron chi connectivity index (χ0n) is 11.7. The highest BCUT2D eigenvalue weighted by Crippen LogP contribution is 2.36. The van der Waals surface area contributed by atoms with Crippen molar-refractivity contribution in [1.82, 2.24) is 0 Å². The van der Waals surface area contributed by atoms with Crippen LogP contribution in [0.1, 0.15) is 32.3 Å². The first-order valence-electron chi connectivity index (χ1n) is 6.67. The maximum atomic E-state index is 11.4. The van der Waals surface area contributed by atoms with Crippen LogP contribution >= 0.6 is 0 Å². The van der Waals surface area contributed by atoms with Crippen molar-refractivity contribution < 1.29 is 8.42 Å². The van der Waals surface area contributed by atoms with E-state index in [0.717, 1.165) is 35.9 Å². The van der Waals surface area contributed by atoms with Crippen LogP contribution < -0.4 is 10.5 Å². The molecule has 5 heteroatoms. The molecule has 0 amide bonds. The quantitative estimate of drug-likeness (QED) is 0.891. The third-order valence-corrected chi connectivity index (χ3v) is 4.93. The highest BCUT2D eigenvalue weighted by Gasteiger charge is 2.31. The van der Waals surface area contributed by atoms with Gasteiger partial charge in [-0.1, -0.05) is 19.9 Å². The number of sulfonamides is 1. The fourth-order valence-electron chi connectivity index (χ4n) is 2.48. The van der Waals surface area contributed by atoms with Gasteiger partial charge in [-0.25, -0.2) is 13.6 Å². The van der Waals surface area contributed by atoms with Crippen LogP contribution in [0, 0.1) is 18.8 Å². The molecule has 19 heavy (non-hydrogen) atoms. The first kappa shape index (κ1) is 14.3. The first-order valence-corrected chi connectivity index (χ1v) is 8.22. The smallest absolute Gasteiger partial charge is 0.238 e. The Morgan fingerprint density at radius 2 is 1.95 bits per heavy atom. The number of hydrogen-bond acceptors (Lipinski definition) is 3. The van der Waals surface area contributed by atoms with Crippen LogP contribution in [-0.2, 0) is 10.0 Å². The van der Waals surface area contributed by atoms with Gasteiger partial charge in [-0.3, -0.25) is 0 Å². The van der Waals surface area contributed by atoms with E-state index in [9.17, 15) is 8.42 Å². The second kappa shape index (κ2) is 5.13. The van der Waals surface area contributed by atoms with Gasteiger partial charge in [0.15, 0.2) is 0 Å². The lowest BCUT2D eigenvalue weighted by molar-refractivity contribution is 0.212. The molecule has 0 saturated heterocycles. The van der Waals surface area contributed by atoms with Crippen LogP contribution in [0.2, 0.25) is 0 Å². The average molecular weight is 282 g/mol. The monoisotopic (exact) mass is 282 g/mol. The Bertz CT molecular complexity index is 561. The summed E-state index contributed by atoms with van der Waals surface area (Å²) in [6, 6.07) is 5.42. The molecule has 0 spiro atoms. The molecule has 0 atom stereocenters. The molecule has 4 nitrogen and oxygen atoms in total. The van der Waals surface area contributed by atoms with Gasteiger partial charge in [-0.2, -0.15) is 0 Å². The molecule has 0 heterocycles. The van der Waals surface area contributed by atoms with E-state index in [0.29, 0.717) is 6.04 Å². The second-order valence-corrected chi connectivity index (χ2v) is 7.40. The lowest BCUT2D eigenvalue weighted by Gasteiger charge is -2.39. The van der Waals surface area contributed by atoms with E-state index in [4.69, 9.17) is 5.14 Å². The zero-order chi connectivity index (χ0) is 14.2. The first-order chi connectivity index (χ1) is 8.77. The van der Waals surface area contributed by atoms with Crippen LogP contribution in [0.5, 0.6) is 0 Å². The largest absolute Gasteiger partial charge is 0.382 e. The van der Waals surface area contributed by atoms with Gasteiger partial charge in [-0.15, -0.1) is 0 Å². The summed E-state index contributed by atoms with van der Waals surface area (Å²) in [4.78, 5) is 0.167. The third kappa shape index (κ3) is 3.28. The summed E-state index contributed by atoms with van der Waals surface area (Å²) in [5.74, 6) is 1.49. The Labute approximate surface area is 115 Å². The highest BCUT2D eigenvalue weighted by molar-refractivity contribution is 7.89. The third-order valence-electron chi connectivity index (χ3n) is 4.01. The van der Waals surface area contributed by atoms with Crippen LogP contribution in [0.4, 0.5) is 5.69 Å². The van der Waals surface area contributed by atoms with E-state index in [-0.39, 0.29) is 4.90 Å². The van der Waals surface area contributed by atoms with Crippen molar-refractivity contribution in [2.24, 2.45) is 17.0 Å². The molecule has 1 aromatic rings. The molecule has 0 aliphatic heterocycles. The SMILES string of the molecule is Cc1ccc(S(N)(=O)=O)cc1NC1CC(C(C)C)C1. The van der Waals surface area contributed by atoms with Crippen molar-refractivity contribution in [1.29, 1.82) is 0 Å². The van der Waals surface area contributed by atoms with Crippen molar-refractivity contribution in [2.45, 2.75) is 44.6 Å². The number of nitrogens with one attached hydrogen (secondary N) is 1. The molecule has 1 aliphatic rings. The number of hydrogen-bond donors (Lipinski definition) is 2. The zero-order valence-corrected chi connectivity index (χ0v) is 12.5. The minimum Gasteiger partial charge on any atom is -0.382 e. The van der Waals surface area contributed by atoms with Crippen molar-refractivity contribution in [3.63, 3.8) is 0 Å². The van der Waals surface area contributed by atoms with Crippen LogP contribution in [0.3, 0.4) is 0 Å². The summed E-state index contributed by atoms with van der Waals surface area (Å²) < 4.78 is 22.7. The maximum absolute atomic E-state index is 11.4. The number of anilines is 1. The second-order valence-electron chi connectivity index (χ2n) is 5.84. The molecule has 2 rings (SSSR count). The van der Waals surface area contributed by atoms with E-state index in [1.165, 1.54) is 0 Å². The van der Waals surface area contributed by atoms with Crippen LogP contribution in [0.25, 0.3) is 0 Å². The Hall–Kier alpha value is -1.07. The van der Waals surface area contributed by atoms with E-state index in [1.807, 2.05) is 6.92 Å². The van der Waals surface area contributed by atoms with Crippen molar-refractivity contribution in [2.75, 3.05) is 5.32 Å². The van der Waals surface area contributed by atoms with Gasteiger partial charge in [0.05, 0.1) is 4.90 Å². The predicted molar refractivity (Wildman–Crippen MR) is 77.5 cm³/mol. The lowest BCUT2D eigenvalue weighted by atomic mass is 9.73. The molecule has 1 aliphatic carbocycles. The predicted octanol–water partition coefficient (Wildman–Crippen LogP) is 2.49. The summed E-state index contributed by atoms with van der Waals surface area (Å²) in [5.41, 5.74) is 1.92. The van der Waals surface area contributed by atoms with E-state index < -0.39 is 10.0 Å². The van der Waals surface area contributed by atoms with Crippen LogP contribution in [0.15, 0.2) is 23.1 Å². The molecule has 0 aromatic heterocycles. The van der Waals surface area contributed by atoms with Gasteiger partial charge < -0.3 is 5.32 Å². The van der Waals surface area contributed by atoms with Crippen LogP contribution in [-0.4, -0.2) is 14.5 Å². The Kier molecular flexibility index (Phi) is 3.87. The number of benzene rings is 1. The topological polar surface area (TPSA) is 72.2 Å². The van der Waals surface area contributed by atoms with Gasteiger partial charge in [0.2, 0.25) is 10.0 Å². The van der Waals surface area contributed by atoms with Crippen molar-refractivity contribution in [3.8, 4) is 0 Å². The molecule has 106 valence electrons. The minimum atomic E-state index is -3.63. The summed E-state index contributed by atoms with van der Waals surface area (Å²) in [6.45, 7) is 6.45. The Morgan fingerprint density at radius 3 is 2.47 bits per heavy atom. The molecule has 1 aromatic carbocycles. The summed E-state index contributed by atoms with van der Waals surface area (Å²) >= 11 is 0. The summed E-state index contributed by atoms with van der Waals surface area (Å²) in [7, 11) is -3.63. The summed E-state index contributed by atoms with van der Waals surface area (Å²) in [6.07, 6.45) is 2.30. The molecule has 0 unspecified atom stereocenters. The van der Waals surface area contributed by atoms with Gasteiger partial charge in [0.1, 0.15) is 0 Å². The average Bonchev–Trinajstić information content (AvgIpc) is 2.22.